The van der Waals surface area contributed by atoms with E-state index in [4.69, 9.17) is 9.47 Å². The standard InChI is InChI=1S/C15H21NO2/c1-11-7-13(8-11)16-10-12-3-4-14-15(9-12)18-6-2-5-17-14/h3-4,9,11,13,16H,2,5-8,10H2,1H3. The van der Waals surface area contributed by atoms with Gasteiger partial charge in [0.2, 0.25) is 0 Å². The molecule has 98 valence electrons. The van der Waals surface area contributed by atoms with Crippen molar-refractivity contribution in [3.63, 3.8) is 0 Å². The molecule has 1 aromatic carbocycles. The molecular weight excluding hydrogens is 226 g/mol. The molecule has 1 aromatic rings. The van der Waals surface area contributed by atoms with Crippen LogP contribution in [0, 0.1) is 5.92 Å². The molecule has 1 saturated carbocycles. The molecule has 1 heterocycles. The second kappa shape index (κ2) is 5.19. The maximum atomic E-state index is 5.70. The van der Waals surface area contributed by atoms with Crippen LogP contribution in [-0.4, -0.2) is 19.3 Å². The highest BCUT2D eigenvalue weighted by Crippen LogP contribution is 2.31. The van der Waals surface area contributed by atoms with Gasteiger partial charge in [-0.1, -0.05) is 13.0 Å². The van der Waals surface area contributed by atoms with E-state index >= 15 is 0 Å². The summed E-state index contributed by atoms with van der Waals surface area (Å²) in [6.07, 6.45) is 3.58. The molecule has 0 aromatic heterocycles. The molecule has 1 aliphatic heterocycles. The molecule has 0 unspecified atom stereocenters. The summed E-state index contributed by atoms with van der Waals surface area (Å²) < 4.78 is 11.3. The first-order valence-electron chi connectivity index (χ1n) is 6.93. The van der Waals surface area contributed by atoms with Gasteiger partial charge in [-0.05, 0) is 36.5 Å². The number of benzene rings is 1. The van der Waals surface area contributed by atoms with E-state index in [2.05, 4.69) is 24.4 Å². The topological polar surface area (TPSA) is 30.5 Å². The third-order valence-corrected chi connectivity index (χ3v) is 3.78. The van der Waals surface area contributed by atoms with Crippen LogP contribution in [0.3, 0.4) is 0 Å². The van der Waals surface area contributed by atoms with Crippen molar-refractivity contribution in [3.8, 4) is 11.5 Å². The summed E-state index contributed by atoms with van der Waals surface area (Å²) in [7, 11) is 0. The van der Waals surface area contributed by atoms with Gasteiger partial charge in [0.15, 0.2) is 11.5 Å². The van der Waals surface area contributed by atoms with Crippen molar-refractivity contribution in [2.45, 2.75) is 38.8 Å². The fraction of sp³-hybridized carbons (Fsp3) is 0.600. The Kier molecular flexibility index (Phi) is 3.41. The minimum absolute atomic E-state index is 0.705. The monoisotopic (exact) mass is 247 g/mol. The number of hydrogen-bond donors (Lipinski definition) is 1. The molecule has 1 N–H and O–H groups in total. The third kappa shape index (κ3) is 2.61. The summed E-state index contributed by atoms with van der Waals surface area (Å²) in [6.45, 7) is 4.74. The van der Waals surface area contributed by atoms with Gasteiger partial charge in [-0.3, -0.25) is 0 Å². The van der Waals surface area contributed by atoms with Crippen LogP contribution in [0.4, 0.5) is 0 Å². The Morgan fingerprint density at radius 2 is 1.94 bits per heavy atom. The highest BCUT2D eigenvalue weighted by atomic mass is 16.5. The quantitative estimate of drug-likeness (QED) is 0.891. The van der Waals surface area contributed by atoms with Gasteiger partial charge < -0.3 is 14.8 Å². The van der Waals surface area contributed by atoms with E-state index in [1.165, 1.54) is 18.4 Å². The van der Waals surface area contributed by atoms with Crippen LogP contribution in [0.5, 0.6) is 11.5 Å². The van der Waals surface area contributed by atoms with Gasteiger partial charge >= 0.3 is 0 Å². The molecular formula is C15H21NO2. The molecule has 2 aliphatic rings. The zero-order valence-electron chi connectivity index (χ0n) is 10.9. The summed E-state index contributed by atoms with van der Waals surface area (Å²) in [6, 6.07) is 6.97. The van der Waals surface area contributed by atoms with Crippen molar-refractivity contribution in [1.29, 1.82) is 0 Å². The van der Waals surface area contributed by atoms with E-state index in [1.54, 1.807) is 0 Å². The van der Waals surface area contributed by atoms with Crippen LogP contribution in [-0.2, 0) is 6.54 Å². The van der Waals surface area contributed by atoms with Gasteiger partial charge in [-0.25, -0.2) is 0 Å². The van der Waals surface area contributed by atoms with Crippen LogP contribution >= 0.6 is 0 Å². The lowest BCUT2D eigenvalue weighted by Crippen LogP contribution is -2.39. The molecule has 3 nitrogen and oxygen atoms in total. The molecule has 18 heavy (non-hydrogen) atoms. The summed E-state index contributed by atoms with van der Waals surface area (Å²) in [5.74, 6) is 2.67. The van der Waals surface area contributed by atoms with E-state index in [1.807, 2.05) is 6.07 Å². The summed E-state index contributed by atoms with van der Waals surface area (Å²) in [4.78, 5) is 0. The lowest BCUT2D eigenvalue weighted by molar-refractivity contribution is 0.240. The van der Waals surface area contributed by atoms with Crippen LogP contribution in [0.25, 0.3) is 0 Å². The van der Waals surface area contributed by atoms with E-state index in [0.717, 1.165) is 43.6 Å². The predicted octanol–water partition coefficient (Wildman–Crippen LogP) is 2.74. The van der Waals surface area contributed by atoms with E-state index in [-0.39, 0.29) is 0 Å². The minimum Gasteiger partial charge on any atom is -0.490 e. The second-order valence-electron chi connectivity index (χ2n) is 5.49. The molecule has 0 radical (unpaired) electrons. The van der Waals surface area contributed by atoms with Crippen LogP contribution < -0.4 is 14.8 Å². The van der Waals surface area contributed by atoms with Crippen LogP contribution in [0.2, 0.25) is 0 Å². The van der Waals surface area contributed by atoms with Crippen LogP contribution in [0.15, 0.2) is 18.2 Å². The summed E-state index contributed by atoms with van der Waals surface area (Å²) in [5, 5.41) is 3.59. The Labute approximate surface area is 108 Å². The number of hydrogen-bond acceptors (Lipinski definition) is 3. The summed E-state index contributed by atoms with van der Waals surface area (Å²) >= 11 is 0. The Morgan fingerprint density at radius 3 is 2.72 bits per heavy atom. The smallest absolute Gasteiger partial charge is 0.161 e. The zero-order valence-corrected chi connectivity index (χ0v) is 10.9. The molecule has 1 fully saturated rings. The van der Waals surface area contributed by atoms with Crippen molar-refractivity contribution >= 4 is 0 Å². The molecule has 0 atom stereocenters. The van der Waals surface area contributed by atoms with Gasteiger partial charge in [-0.15, -0.1) is 0 Å². The minimum atomic E-state index is 0.705. The maximum absolute atomic E-state index is 5.70. The molecule has 0 amide bonds. The first-order chi connectivity index (χ1) is 8.81. The molecule has 3 rings (SSSR count). The van der Waals surface area contributed by atoms with Crippen molar-refractivity contribution in [2.75, 3.05) is 13.2 Å². The number of fused-ring (bicyclic) bond motifs is 1. The second-order valence-corrected chi connectivity index (χ2v) is 5.49. The Hall–Kier alpha value is -1.22. The SMILES string of the molecule is CC1CC(NCc2ccc3c(c2)OCCCO3)C1. The summed E-state index contributed by atoms with van der Waals surface area (Å²) in [5.41, 5.74) is 1.28. The Morgan fingerprint density at radius 1 is 1.17 bits per heavy atom. The van der Waals surface area contributed by atoms with E-state index in [0.29, 0.717) is 6.04 Å². The van der Waals surface area contributed by atoms with E-state index in [9.17, 15) is 0 Å². The molecule has 3 heteroatoms. The van der Waals surface area contributed by atoms with Crippen molar-refractivity contribution < 1.29 is 9.47 Å². The van der Waals surface area contributed by atoms with Crippen molar-refractivity contribution in [1.82, 2.24) is 5.32 Å². The van der Waals surface area contributed by atoms with Gasteiger partial charge in [0, 0.05) is 19.0 Å². The fourth-order valence-corrected chi connectivity index (χ4v) is 2.65. The first kappa shape index (κ1) is 11.8. The third-order valence-electron chi connectivity index (χ3n) is 3.78. The lowest BCUT2D eigenvalue weighted by atomic mass is 9.82. The normalized spacial score (nSPS) is 26.3. The lowest BCUT2D eigenvalue weighted by Gasteiger charge is -2.33. The Bertz CT molecular complexity index is 413. The van der Waals surface area contributed by atoms with Gasteiger partial charge in [0.1, 0.15) is 0 Å². The molecule has 0 spiro atoms. The maximum Gasteiger partial charge on any atom is 0.161 e. The van der Waals surface area contributed by atoms with Gasteiger partial charge in [0.25, 0.3) is 0 Å². The molecule has 0 bridgehead atoms. The van der Waals surface area contributed by atoms with Gasteiger partial charge in [0.05, 0.1) is 13.2 Å². The average Bonchev–Trinajstić information content (AvgIpc) is 2.57. The highest BCUT2D eigenvalue weighted by Gasteiger charge is 2.24. The zero-order chi connectivity index (χ0) is 12.4. The number of ether oxygens (including phenoxy) is 2. The molecule has 1 aliphatic carbocycles. The Balaban J connectivity index is 1.60. The molecule has 0 saturated heterocycles. The number of rotatable bonds is 3. The predicted molar refractivity (Wildman–Crippen MR) is 71.1 cm³/mol. The highest BCUT2D eigenvalue weighted by molar-refractivity contribution is 5.43. The van der Waals surface area contributed by atoms with Gasteiger partial charge in [-0.2, -0.15) is 0 Å². The average molecular weight is 247 g/mol. The van der Waals surface area contributed by atoms with Crippen molar-refractivity contribution in [3.05, 3.63) is 23.8 Å². The fourth-order valence-electron chi connectivity index (χ4n) is 2.65. The first-order valence-corrected chi connectivity index (χ1v) is 6.93. The van der Waals surface area contributed by atoms with E-state index < -0.39 is 0 Å². The largest absolute Gasteiger partial charge is 0.490 e. The number of nitrogens with one attached hydrogen (secondary N) is 1. The van der Waals surface area contributed by atoms with Crippen LogP contribution in [0.1, 0.15) is 31.7 Å². The van der Waals surface area contributed by atoms with Crippen molar-refractivity contribution in [2.24, 2.45) is 5.92 Å².